The lowest BCUT2D eigenvalue weighted by Gasteiger charge is -2.40. The maximum atomic E-state index is 13.1. The molecule has 0 bridgehead atoms. The fourth-order valence-corrected chi connectivity index (χ4v) is 7.74. The average molecular weight is 804 g/mol. The number of rotatable bonds is 39. The molecule has 1 aliphatic rings. The highest BCUT2D eigenvalue weighted by molar-refractivity contribution is 5.80. The van der Waals surface area contributed by atoms with Crippen molar-refractivity contribution < 1.29 is 50.0 Å². The Hall–Kier alpha value is -0.890. The highest BCUT2D eigenvalue weighted by atomic mass is 16.7. The van der Waals surface area contributed by atoms with E-state index in [1.807, 2.05) is 0 Å². The predicted molar refractivity (Wildman–Crippen MR) is 224 cm³/mol. The summed E-state index contributed by atoms with van der Waals surface area (Å²) >= 11 is 0. The molecule has 0 saturated carbocycles. The molecule has 0 aliphatic carbocycles. The molecule has 11 heteroatoms. The molecular weight excluding hydrogens is 714 g/mol. The summed E-state index contributed by atoms with van der Waals surface area (Å²) in [5.41, 5.74) is 0. The normalized spacial score (nSPS) is 22.2. The van der Waals surface area contributed by atoms with Crippen LogP contribution in [0, 0.1) is 0 Å². The van der Waals surface area contributed by atoms with E-state index in [9.17, 15) is 40.5 Å². The molecule has 11 nitrogen and oxygen atoms in total. The van der Waals surface area contributed by atoms with Gasteiger partial charge in [-0.2, -0.15) is 0 Å². The van der Waals surface area contributed by atoms with Crippen molar-refractivity contribution >= 4 is 5.91 Å². The third-order valence-electron chi connectivity index (χ3n) is 11.7. The van der Waals surface area contributed by atoms with Gasteiger partial charge < -0.3 is 50.5 Å². The van der Waals surface area contributed by atoms with E-state index in [1.54, 1.807) is 0 Å². The van der Waals surface area contributed by atoms with Gasteiger partial charge in [-0.05, 0) is 12.8 Å². The first-order valence-corrected chi connectivity index (χ1v) is 23.4. The summed E-state index contributed by atoms with van der Waals surface area (Å²) in [4.78, 5) is 13.1. The predicted octanol–water partition coefficient (Wildman–Crippen LogP) is 7.50. The van der Waals surface area contributed by atoms with Crippen LogP contribution in [0.25, 0.3) is 0 Å². The van der Waals surface area contributed by atoms with E-state index in [4.69, 9.17) is 9.47 Å². The molecule has 1 saturated heterocycles. The molecule has 1 fully saturated rings. The van der Waals surface area contributed by atoms with Crippen molar-refractivity contribution in [2.45, 2.75) is 268 Å². The summed E-state index contributed by atoms with van der Waals surface area (Å²) in [7, 11) is 0. The molecule has 56 heavy (non-hydrogen) atoms. The van der Waals surface area contributed by atoms with E-state index in [0.29, 0.717) is 19.3 Å². The van der Waals surface area contributed by atoms with Crippen LogP contribution in [-0.4, -0.2) is 110 Å². The van der Waals surface area contributed by atoms with Crippen LogP contribution in [0.5, 0.6) is 0 Å². The largest absolute Gasteiger partial charge is 0.394 e. The number of amides is 1. The zero-order valence-corrected chi connectivity index (χ0v) is 35.9. The standard InChI is InChI=1S/C45H89NO10/c1-3-5-7-9-11-13-15-17-19-21-23-25-27-29-31-33-38(49)44(54)46-36(35-55-45-43(53)42(52)41(51)39(34-47)56-45)40(50)37(48)32-30-28-26-24-22-20-18-16-14-12-10-8-6-4-2/h36-43,45,47-53H,3-35H2,1-2H3,(H,46,54). The van der Waals surface area contributed by atoms with Gasteiger partial charge in [-0.15, -0.1) is 0 Å². The van der Waals surface area contributed by atoms with Gasteiger partial charge in [0.1, 0.15) is 36.6 Å². The molecule has 9 atom stereocenters. The fourth-order valence-electron chi connectivity index (χ4n) is 7.74. The Kier molecular flexibility index (Phi) is 34.2. The van der Waals surface area contributed by atoms with Gasteiger partial charge >= 0.3 is 0 Å². The second kappa shape index (κ2) is 36.0. The summed E-state index contributed by atoms with van der Waals surface area (Å²) in [6.07, 6.45) is 24.3. The number of ether oxygens (including phenoxy) is 2. The van der Waals surface area contributed by atoms with E-state index in [-0.39, 0.29) is 6.42 Å². The maximum absolute atomic E-state index is 13.1. The minimum Gasteiger partial charge on any atom is -0.394 e. The number of aliphatic hydroxyl groups excluding tert-OH is 7. The van der Waals surface area contributed by atoms with Crippen LogP contribution >= 0.6 is 0 Å². The molecule has 1 aliphatic heterocycles. The third kappa shape index (κ3) is 25.6. The van der Waals surface area contributed by atoms with Crippen molar-refractivity contribution in [1.29, 1.82) is 0 Å². The summed E-state index contributed by atoms with van der Waals surface area (Å²) in [5, 5.41) is 75.6. The second-order valence-electron chi connectivity index (χ2n) is 16.8. The SMILES string of the molecule is CCCCCCCCCCCCCCCCCC(O)C(=O)NC(COC1OC(CO)C(O)C(O)C1O)C(O)C(O)CCCCCCCCCCCCCCCC. The van der Waals surface area contributed by atoms with Crippen molar-refractivity contribution in [3.05, 3.63) is 0 Å². The van der Waals surface area contributed by atoms with Gasteiger partial charge in [-0.25, -0.2) is 0 Å². The number of hydrogen-bond acceptors (Lipinski definition) is 10. The van der Waals surface area contributed by atoms with Gasteiger partial charge in [0.05, 0.1) is 25.4 Å². The molecule has 1 rings (SSSR count). The van der Waals surface area contributed by atoms with Crippen LogP contribution in [0.4, 0.5) is 0 Å². The summed E-state index contributed by atoms with van der Waals surface area (Å²) in [6.45, 7) is 3.45. The van der Waals surface area contributed by atoms with Gasteiger partial charge in [0.25, 0.3) is 0 Å². The lowest BCUT2D eigenvalue weighted by atomic mass is 9.98. The zero-order chi connectivity index (χ0) is 41.2. The Morgan fingerprint density at radius 1 is 0.554 bits per heavy atom. The highest BCUT2D eigenvalue weighted by Gasteiger charge is 2.44. The average Bonchev–Trinajstić information content (AvgIpc) is 3.20. The minimum absolute atomic E-state index is 0.266. The number of unbranched alkanes of at least 4 members (excludes halogenated alkanes) is 27. The number of nitrogens with one attached hydrogen (secondary N) is 1. The number of carbonyl (C=O) groups is 1. The Labute approximate surface area is 341 Å². The molecule has 0 aromatic carbocycles. The van der Waals surface area contributed by atoms with E-state index >= 15 is 0 Å². The Morgan fingerprint density at radius 3 is 1.32 bits per heavy atom. The first-order chi connectivity index (χ1) is 27.2. The third-order valence-corrected chi connectivity index (χ3v) is 11.7. The Bertz CT molecular complexity index is 882. The fraction of sp³-hybridized carbons (Fsp3) is 0.978. The number of hydrogen-bond donors (Lipinski definition) is 8. The monoisotopic (exact) mass is 804 g/mol. The topological polar surface area (TPSA) is 189 Å². The first-order valence-electron chi connectivity index (χ1n) is 23.4. The van der Waals surface area contributed by atoms with E-state index in [1.165, 1.54) is 135 Å². The molecule has 0 aromatic rings. The molecule has 0 radical (unpaired) electrons. The van der Waals surface area contributed by atoms with Crippen molar-refractivity contribution in [2.24, 2.45) is 0 Å². The van der Waals surface area contributed by atoms with E-state index in [0.717, 1.165) is 38.5 Å². The number of carbonyl (C=O) groups excluding carboxylic acids is 1. The molecule has 8 N–H and O–H groups in total. The Morgan fingerprint density at radius 2 is 0.929 bits per heavy atom. The summed E-state index contributed by atoms with van der Waals surface area (Å²) in [6, 6.07) is -1.16. The van der Waals surface area contributed by atoms with Crippen LogP contribution in [-0.2, 0) is 14.3 Å². The molecule has 9 unspecified atom stereocenters. The zero-order valence-electron chi connectivity index (χ0n) is 35.9. The lowest BCUT2D eigenvalue weighted by Crippen LogP contribution is -2.60. The van der Waals surface area contributed by atoms with Gasteiger partial charge in [0.15, 0.2) is 6.29 Å². The highest BCUT2D eigenvalue weighted by Crippen LogP contribution is 2.23. The molecule has 1 amide bonds. The summed E-state index contributed by atoms with van der Waals surface area (Å²) < 4.78 is 11.1. The first kappa shape index (κ1) is 53.1. The second-order valence-corrected chi connectivity index (χ2v) is 16.8. The van der Waals surface area contributed by atoms with Crippen LogP contribution < -0.4 is 5.32 Å². The van der Waals surface area contributed by atoms with Crippen molar-refractivity contribution in [1.82, 2.24) is 5.32 Å². The van der Waals surface area contributed by atoms with Crippen LogP contribution in [0.2, 0.25) is 0 Å². The van der Waals surface area contributed by atoms with Crippen molar-refractivity contribution in [3.8, 4) is 0 Å². The molecule has 1 heterocycles. The van der Waals surface area contributed by atoms with Gasteiger partial charge in [-0.1, -0.05) is 200 Å². The van der Waals surface area contributed by atoms with E-state index < -0.39 is 74.2 Å². The molecule has 0 aromatic heterocycles. The van der Waals surface area contributed by atoms with Gasteiger partial charge in [0, 0.05) is 0 Å². The van der Waals surface area contributed by atoms with Crippen molar-refractivity contribution in [3.63, 3.8) is 0 Å². The van der Waals surface area contributed by atoms with E-state index in [2.05, 4.69) is 19.2 Å². The maximum Gasteiger partial charge on any atom is 0.249 e. The summed E-state index contributed by atoms with van der Waals surface area (Å²) in [5.74, 6) is -0.694. The van der Waals surface area contributed by atoms with Gasteiger partial charge in [0.2, 0.25) is 5.91 Å². The quantitative estimate of drug-likeness (QED) is 0.0289. The molecule has 0 spiro atoms. The smallest absolute Gasteiger partial charge is 0.249 e. The number of aliphatic hydroxyl groups is 7. The molecular formula is C45H89NO10. The molecule has 334 valence electrons. The van der Waals surface area contributed by atoms with Crippen LogP contribution in [0.3, 0.4) is 0 Å². The minimum atomic E-state index is -1.66. The lowest BCUT2D eigenvalue weighted by molar-refractivity contribution is -0.303. The van der Waals surface area contributed by atoms with Crippen molar-refractivity contribution in [2.75, 3.05) is 13.2 Å². The Balaban J connectivity index is 2.45. The van der Waals surface area contributed by atoms with Gasteiger partial charge in [-0.3, -0.25) is 4.79 Å². The van der Waals surface area contributed by atoms with Crippen LogP contribution in [0.15, 0.2) is 0 Å². The van der Waals surface area contributed by atoms with Crippen LogP contribution in [0.1, 0.15) is 213 Å².